The minimum absolute atomic E-state index is 0.0301. The lowest BCUT2D eigenvalue weighted by Crippen LogP contribution is -2.04. The first-order valence-electron chi connectivity index (χ1n) is 3.34. The van der Waals surface area contributed by atoms with Gasteiger partial charge in [-0.15, -0.1) is 5.92 Å². The minimum atomic E-state index is -0.769. The molecule has 10 heavy (non-hydrogen) atoms. The van der Waals surface area contributed by atoms with Gasteiger partial charge < -0.3 is 5.11 Å². The van der Waals surface area contributed by atoms with Gasteiger partial charge in [0.1, 0.15) is 0 Å². The molecule has 1 N–H and O–H groups in total. The number of aliphatic carboxylic acids is 1. The van der Waals surface area contributed by atoms with Crippen LogP contribution in [0.5, 0.6) is 0 Å². The third kappa shape index (κ3) is 3.96. The number of hydrogen-bond acceptors (Lipinski definition) is 1. The molecule has 0 aliphatic carbocycles. The van der Waals surface area contributed by atoms with Crippen LogP contribution in [0.2, 0.25) is 0 Å². The Hall–Kier alpha value is -0.970. The zero-order valence-electron chi connectivity index (χ0n) is 6.35. The van der Waals surface area contributed by atoms with E-state index in [-0.39, 0.29) is 12.3 Å². The summed E-state index contributed by atoms with van der Waals surface area (Å²) < 4.78 is 0. The molecule has 2 nitrogen and oxygen atoms in total. The second-order valence-corrected chi connectivity index (χ2v) is 2.10. The van der Waals surface area contributed by atoms with E-state index in [0.717, 1.165) is 6.42 Å². The quantitative estimate of drug-likeness (QED) is 0.603. The SMILES string of the molecule is CC#CC(CC)CC(=O)O. The van der Waals surface area contributed by atoms with Gasteiger partial charge in [-0.05, 0) is 13.3 Å². The normalized spacial score (nSPS) is 11.4. The number of hydrogen-bond donors (Lipinski definition) is 1. The van der Waals surface area contributed by atoms with E-state index in [9.17, 15) is 4.79 Å². The van der Waals surface area contributed by atoms with Crippen LogP contribution in [0.25, 0.3) is 0 Å². The van der Waals surface area contributed by atoms with Crippen molar-refractivity contribution in [3.8, 4) is 11.8 Å². The molecule has 0 spiro atoms. The number of carboxylic acids is 1. The van der Waals surface area contributed by atoms with Crippen LogP contribution in [0.3, 0.4) is 0 Å². The molecule has 1 atom stereocenters. The Bertz CT molecular complexity index is 162. The highest BCUT2D eigenvalue weighted by Gasteiger charge is 2.06. The molecule has 0 bridgehead atoms. The molecular weight excluding hydrogens is 128 g/mol. The van der Waals surface area contributed by atoms with E-state index in [1.165, 1.54) is 0 Å². The molecule has 0 heterocycles. The lowest BCUT2D eigenvalue weighted by molar-refractivity contribution is -0.137. The fourth-order valence-corrected chi connectivity index (χ4v) is 0.712. The Kier molecular flexibility index (Phi) is 4.39. The first-order chi connectivity index (χ1) is 4.70. The largest absolute Gasteiger partial charge is 0.481 e. The van der Waals surface area contributed by atoms with E-state index in [2.05, 4.69) is 11.8 Å². The van der Waals surface area contributed by atoms with Crippen LogP contribution < -0.4 is 0 Å². The summed E-state index contributed by atoms with van der Waals surface area (Å²) in [5, 5.41) is 8.37. The van der Waals surface area contributed by atoms with Crippen molar-refractivity contribution in [2.75, 3.05) is 0 Å². The van der Waals surface area contributed by atoms with Crippen molar-refractivity contribution < 1.29 is 9.90 Å². The van der Waals surface area contributed by atoms with Crippen LogP contribution in [-0.4, -0.2) is 11.1 Å². The molecule has 0 rings (SSSR count). The molecular formula is C8H12O2. The highest BCUT2D eigenvalue weighted by molar-refractivity contribution is 5.67. The van der Waals surface area contributed by atoms with Crippen molar-refractivity contribution in [3.63, 3.8) is 0 Å². The van der Waals surface area contributed by atoms with Crippen LogP contribution in [0, 0.1) is 17.8 Å². The fraction of sp³-hybridized carbons (Fsp3) is 0.625. The average Bonchev–Trinajstić information content (AvgIpc) is 1.86. The summed E-state index contributed by atoms with van der Waals surface area (Å²) in [7, 11) is 0. The van der Waals surface area contributed by atoms with E-state index in [1.807, 2.05) is 6.92 Å². The monoisotopic (exact) mass is 140 g/mol. The molecule has 0 saturated carbocycles. The fourth-order valence-electron chi connectivity index (χ4n) is 0.712. The van der Waals surface area contributed by atoms with Crippen LogP contribution in [0.4, 0.5) is 0 Å². The Labute approximate surface area is 61.2 Å². The standard InChI is InChI=1S/C8H12O2/c1-3-5-7(4-2)6-8(9)10/h7H,4,6H2,1-2H3,(H,9,10). The molecule has 0 radical (unpaired) electrons. The number of carbonyl (C=O) groups is 1. The van der Waals surface area contributed by atoms with Crippen molar-refractivity contribution in [2.45, 2.75) is 26.7 Å². The highest BCUT2D eigenvalue weighted by atomic mass is 16.4. The van der Waals surface area contributed by atoms with Gasteiger partial charge in [0.05, 0.1) is 6.42 Å². The topological polar surface area (TPSA) is 37.3 Å². The van der Waals surface area contributed by atoms with Gasteiger partial charge >= 0.3 is 5.97 Å². The maximum Gasteiger partial charge on any atom is 0.304 e. The molecule has 0 aromatic rings. The molecule has 0 aromatic carbocycles. The maximum absolute atomic E-state index is 10.2. The first kappa shape index (κ1) is 9.03. The number of carboxylic acid groups (broad SMARTS) is 1. The van der Waals surface area contributed by atoms with E-state index in [4.69, 9.17) is 5.11 Å². The highest BCUT2D eigenvalue weighted by Crippen LogP contribution is 2.05. The smallest absolute Gasteiger partial charge is 0.304 e. The van der Waals surface area contributed by atoms with E-state index >= 15 is 0 Å². The predicted molar refractivity (Wildman–Crippen MR) is 39.5 cm³/mol. The van der Waals surface area contributed by atoms with Crippen molar-refractivity contribution in [1.29, 1.82) is 0 Å². The van der Waals surface area contributed by atoms with Gasteiger partial charge in [0.25, 0.3) is 0 Å². The molecule has 0 amide bonds. The summed E-state index contributed by atoms with van der Waals surface area (Å²) in [5.74, 6) is 4.80. The third-order valence-electron chi connectivity index (χ3n) is 1.26. The number of rotatable bonds is 3. The van der Waals surface area contributed by atoms with Gasteiger partial charge in [-0.3, -0.25) is 4.79 Å². The van der Waals surface area contributed by atoms with Gasteiger partial charge in [0.15, 0.2) is 0 Å². The van der Waals surface area contributed by atoms with Gasteiger partial charge in [-0.2, -0.15) is 0 Å². The van der Waals surface area contributed by atoms with E-state index in [1.54, 1.807) is 6.92 Å². The summed E-state index contributed by atoms with van der Waals surface area (Å²) in [4.78, 5) is 10.2. The van der Waals surface area contributed by atoms with Crippen LogP contribution >= 0.6 is 0 Å². The van der Waals surface area contributed by atoms with Crippen LogP contribution in [-0.2, 0) is 4.79 Å². The van der Waals surface area contributed by atoms with Crippen molar-refractivity contribution in [2.24, 2.45) is 5.92 Å². The molecule has 1 unspecified atom stereocenters. The Morgan fingerprint density at radius 1 is 1.70 bits per heavy atom. The van der Waals surface area contributed by atoms with Crippen molar-refractivity contribution >= 4 is 5.97 Å². The van der Waals surface area contributed by atoms with Crippen molar-refractivity contribution in [1.82, 2.24) is 0 Å². The summed E-state index contributed by atoms with van der Waals surface area (Å²) in [6.45, 7) is 3.67. The van der Waals surface area contributed by atoms with Gasteiger partial charge in [0.2, 0.25) is 0 Å². The van der Waals surface area contributed by atoms with Crippen LogP contribution in [0.1, 0.15) is 26.7 Å². The van der Waals surface area contributed by atoms with Gasteiger partial charge in [0, 0.05) is 5.92 Å². The van der Waals surface area contributed by atoms with E-state index < -0.39 is 5.97 Å². The summed E-state index contributed by atoms with van der Waals surface area (Å²) in [5.41, 5.74) is 0. The second-order valence-electron chi connectivity index (χ2n) is 2.10. The molecule has 0 aliphatic heterocycles. The van der Waals surface area contributed by atoms with Crippen molar-refractivity contribution in [3.05, 3.63) is 0 Å². The molecule has 56 valence electrons. The summed E-state index contributed by atoms with van der Waals surface area (Å²) >= 11 is 0. The second kappa shape index (κ2) is 4.87. The Morgan fingerprint density at radius 3 is 2.60 bits per heavy atom. The van der Waals surface area contributed by atoms with Gasteiger partial charge in [-0.1, -0.05) is 12.8 Å². The molecule has 2 heteroatoms. The lowest BCUT2D eigenvalue weighted by atomic mass is 10.0. The predicted octanol–water partition coefficient (Wildman–Crippen LogP) is 1.51. The van der Waals surface area contributed by atoms with Crippen LogP contribution in [0.15, 0.2) is 0 Å². The third-order valence-corrected chi connectivity index (χ3v) is 1.26. The summed E-state index contributed by atoms with van der Waals surface area (Å²) in [6, 6.07) is 0. The maximum atomic E-state index is 10.2. The molecule has 0 aromatic heterocycles. The molecule has 0 saturated heterocycles. The Balaban J connectivity index is 3.79. The first-order valence-corrected chi connectivity index (χ1v) is 3.34. The Morgan fingerprint density at radius 2 is 2.30 bits per heavy atom. The minimum Gasteiger partial charge on any atom is -0.481 e. The molecule has 0 fully saturated rings. The zero-order chi connectivity index (χ0) is 7.98. The average molecular weight is 140 g/mol. The lowest BCUT2D eigenvalue weighted by Gasteiger charge is -2.01. The van der Waals surface area contributed by atoms with Gasteiger partial charge in [-0.25, -0.2) is 0 Å². The van der Waals surface area contributed by atoms with E-state index in [0.29, 0.717) is 0 Å². The summed E-state index contributed by atoms with van der Waals surface area (Å²) in [6.07, 6.45) is 0.977. The zero-order valence-corrected chi connectivity index (χ0v) is 6.35. The molecule has 0 aliphatic rings.